The van der Waals surface area contributed by atoms with E-state index in [-0.39, 0.29) is 6.04 Å². The maximum atomic E-state index is 5.68. The molecule has 1 atom stereocenters. The van der Waals surface area contributed by atoms with Gasteiger partial charge < -0.3 is 5.73 Å². The van der Waals surface area contributed by atoms with Gasteiger partial charge in [-0.3, -0.25) is 9.36 Å². The van der Waals surface area contributed by atoms with Gasteiger partial charge in [0.2, 0.25) is 0 Å². The molecule has 0 fully saturated rings. The first-order chi connectivity index (χ1) is 7.74. The molecule has 0 aliphatic carbocycles. The van der Waals surface area contributed by atoms with Crippen LogP contribution >= 0.6 is 0 Å². The summed E-state index contributed by atoms with van der Waals surface area (Å²) in [6.45, 7) is 5.09. The fourth-order valence-corrected chi connectivity index (χ4v) is 1.82. The minimum atomic E-state index is 0.220. The molecule has 0 saturated heterocycles. The number of anilines is 1. The van der Waals surface area contributed by atoms with Crippen LogP contribution in [-0.2, 0) is 6.54 Å². The molecule has 0 amide bonds. The number of nitrogen functional groups attached to an aromatic ring is 1. The lowest BCUT2D eigenvalue weighted by atomic mass is 10.1. The van der Waals surface area contributed by atoms with E-state index in [1.165, 1.54) is 5.56 Å². The summed E-state index contributed by atoms with van der Waals surface area (Å²) in [5.74, 6) is 0. The minimum absolute atomic E-state index is 0.220. The lowest BCUT2D eigenvalue weighted by Crippen LogP contribution is -2.09. The minimum Gasteiger partial charge on any atom is -0.396 e. The van der Waals surface area contributed by atoms with Crippen LogP contribution in [0.2, 0.25) is 0 Å². The molecule has 0 aliphatic rings. The first-order valence-corrected chi connectivity index (χ1v) is 5.56. The third kappa shape index (κ3) is 1.93. The molecule has 2 aromatic rings. The Bertz CT molecular complexity index is 456. The SMILES string of the molecule is CCC(c1cnn(CC)c1)n1cc(N)cn1. The van der Waals surface area contributed by atoms with Gasteiger partial charge in [-0.1, -0.05) is 6.92 Å². The van der Waals surface area contributed by atoms with Crippen LogP contribution in [-0.4, -0.2) is 19.6 Å². The van der Waals surface area contributed by atoms with E-state index in [1.54, 1.807) is 6.20 Å². The maximum absolute atomic E-state index is 5.68. The molecule has 0 aromatic carbocycles. The van der Waals surface area contributed by atoms with Crippen molar-refractivity contribution < 1.29 is 0 Å². The topological polar surface area (TPSA) is 61.7 Å². The van der Waals surface area contributed by atoms with Crippen molar-refractivity contribution in [3.63, 3.8) is 0 Å². The van der Waals surface area contributed by atoms with Crippen molar-refractivity contribution in [3.8, 4) is 0 Å². The third-order valence-electron chi connectivity index (χ3n) is 2.69. The fourth-order valence-electron chi connectivity index (χ4n) is 1.82. The summed E-state index contributed by atoms with van der Waals surface area (Å²) >= 11 is 0. The highest BCUT2D eigenvalue weighted by atomic mass is 15.3. The molecule has 2 aromatic heterocycles. The first-order valence-electron chi connectivity index (χ1n) is 5.56. The predicted molar refractivity (Wildman–Crippen MR) is 63.0 cm³/mol. The van der Waals surface area contributed by atoms with E-state index in [1.807, 2.05) is 21.8 Å². The van der Waals surface area contributed by atoms with Crippen molar-refractivity contribution in [2.75, 3.05) is 5.73 Å². The lowest BCUT2D eigenvalue weighted by molar-refractivity contribution is 0.508. The van der Waals surface area contributed by atoms with Crippen LogP contribution < -0.4 is 5.73 Å². The Hall–Kier alpha value is -1.78. The zero-order valence-electron chi connectivity index (χ0n) is 9.67. The second-order valence-electron chi connectivity index (χ2n) is 3.81. The largest absolute Gasteiger partial charge is 0.396 e. The number of aromatic nitrogens is 4. The molecule has 0 spiro atoms. The second kappa shape index (κ2) is 4.38. The molecule has 86 valence electrons. The summed E-state index contributed by atoms with van der Waals surface area (Å²) < 4.78 is 3.82. The average Bonchev–Trinajstić information content (AvgIpc) is 2.89. The van der Waals surface area contributed by atoms with Crippen molar-refractivity contribution >= 4 is 5.69 Å². The third-order valence-corrected chi connectivity index (χ3v) is 2.69. The van der Waals surface area contributed by atoms with E-state index in [4.69, 9.17) is 5.73 Å². The quantitative estimate of drug-likeness (QED) is 0.851. The molecule has 1 unspecified atom stereocenters. The molecule has 2 heterocycles. The van der Waals surface area contributed by atoms with Crippen LogP contribution in [0.25, 0.3) is 0 Å². The highest BCUT2D eigenvalue weighted by Gasteiger charge is 2.14. The standard InChI is InChI=1S/C11H17N5/c1-3-11(16-8-10(12)6-14-16)9-5-13-15(4-2)7-9/h5-8,11H,3-4,12H2,1-2H3. The first kappa shape index (κ1) is 10.7. The fraction of sp³-hybridized carbons (Fsp3) is 0.455. The van der Waals surface area contributed by atoms with Crippen LogP contribution in [0.3, 0.4) is 0 Å². The normalized spacial score (nSPS) is 12.9. The summed E-state index contributed by atoms with van der Waals surface area (Å²) in [6, 6.07) is 0.220. The predicted octanol–water partition coefficient (Wildman–Crippen LogP) is 1.68. The molecular weight excluding hydrogens is 202 g/mol. The summed E-state index contributed by atoms with van der Waals surface area (Å²) in [7, 11) is 0. The van der Waals surface area contributed by atoms with Crippen LogP contribution in [0.4, 0.5) is 5.69 Å². The average molecular weight is 219 g/mol. The van der Waals surface area contributed by atoms with E-state index < -0.39 is 0 Å². The van der Waals surface area contributed by atoms with Crippen molar-refractivity contribution in [1.82, 2.24) is 19.6 Å². The van der Waals surface area contributed by atoms with Crippen LogP contribution in [0, 0.1) is 0 Å². The molecule has 16 heavy (non-hydrogen) atoms. The Morgan fingerprint density at radius 3 is 2.56 bits per heavy atom. The van der Waals surface area contributed by atoms with Gasteiger partial charge in [-0.2, -0.15) is 10.2 Å². The van der Waals surface area contributed by atoms with E-state index >= 15 is 0 Å². The molecule has 5 nitrogen and oxygen atoms in total. The van der Waals surface area contributed by atoms with E-state index in [0.717, 1.165) is 13.0 Å². The van der Waals surface area contributed by atoms with Crippen LogP contribution in [0.1, 0.15) is 31.9 Å². The molecular formula is C11H17N5. The summed E-state index contributed by atoms with van der Waals surface area (Å²) in [6.07, 6.45) is 8.46. The van der Waals surface area contributed by atoms with Gasteiger partial charge >= 0.3 is 0 Å². The Kier molecular flexibility index (Phi) is 2.94. The maximum Gasteiger partial charge on any atom is 0.0797 e. The molecule has 2 rings (SSSR count). The van der Waals surface area contributed by atoms with E-state index in [9.17, 15) is 0 Å². The number of hydrogen-bond acceptors (Lipinski definition) is 3. The van der Waals surface area contributed by atoms with Gasteiger partial charge in [0.15, 0.2) is 0 Å². The van der Waals surface area contributed by atoms with Crippen molar-refractivity contribution in [3.05, 3.63) is 30.4 Å². The van der Waals surface area contributed by atoms with Crippen molar-refractivity contribution in [2.24, 2.45) is 0 Å². The number of hydrogen-bond donors (Lipinski definition) is 1. The number of nitrogens with zero attached hydrogens (tertiary/aromatic N) is 4. The molecule has 0 saturated carbocycles. The summed E-state index contributed by atoms with van der Waals surface area (Å²) in [5.41, 5.74) is 7.55. The van der Waals surface area contributed by atoms with Crippen molar-refractivity contribution in [2.45, 2.75) is 32.9 Å². The van der Waals surface area contributed by atoms with Gasteiger partial charge in [-0.25, -0.2) is 0 Å². The van der Waals surface area contributed by atoms with E-state index in [2.05, 4.69) is 30.2 Å². The van der Waals surface area contributed by atoms with Crippen molar-refractivity contribution in [1.29, 1.82) is 0 Å². The zero-order chi connectivity index (χ0) is 11.5. The monoisotopic (exact) mass is 219 g/mol. The highest BCUT2D eigenvalue weighted by molar-refractivity contribution is 5.31. The van der Waals surface area contributed by atoms with Crippen LogP contribution in [0.5, 0.6) is 0 Å². The van der Waals surface area contributed by atoms with Crippen LogP contribution in [0.15, 0.2) is 24.8 Å². The molecule has 2 N–H and O–H groups in total. The molecule has 0 bridgehead atoms. The van der Waals surface area contributed by atoms with E-state index in [0.29, 0.717) is 5.69 Å². The Morgan fingerprint density at radius 2 is 2.06 bits per heavy atom. The number of rotatable bonds is 4. The lowest BCUT2D eigenvalue weighted by Gasteiger charge is -2.13. The van der Waals surface area contributed by atoms with Gasteiger partial charge in [0.05, 0.1) is 24.1 Å². The highest BCUT2D eigenvalue weighted by Crippen LogP contribution is 2.21. The molecule has 0 radical (unpaired) electrons. The zero-order valence-corrected chi connectivity index (χ0v) is 9.67. The molecule has 0 aliphatic heterocycles. The van der Waals surface area contributed by atoms with Gasteiger partial charge in [0.25, 0.3) is 0 Å². The van der Waals surface area contributed by atoms with Gasteiger partial charge in [0, 0.05) is 24.5 Å². The Morgan fingerprint density at radius 1 is 1.25 bits per heavy atom. The summed E-state index contributed by atoms with van der Waals surface area (Å²) in [4.78, 5) is 0. The Labute approximate surface area is 94.9 Å². The second-order valence-corrected chi connectivity index (χ2v) is 3.81. The number of aryl methyl sites for hydroxylation is 1. The summed E-state index contributed by atoms with van der Waals surface area (Å²) in [5, 5.41) is 8.53. The van der Waals surface area contributed by atoms with Gasteiger partial charge in [0.1, 0.15) is 0 Å². The molecule has 5 heteroatoms. The van der Waals surface area contributed by atoms with Gasteiger partial charge in [-0.05, 0) is 13.3 Å². The number of nitrogens with two attached hydrogens (primary N) is 1. The van der Waals surface area contributed by atoms with Gasteiger partial charge in [-0.15, -0.1) is 0 Å². The smallest absolute Gasteiger partial charge is 0.0797 e. The Balaban J connectivity index is 2.28.